The number of carbonyl (C=O) groups excluding carboxylic acids is 1. The molecule has 0 radical (unpaired) electrons. The van der Waals surface area contributed by atoms with Crippen molar-refractivity contribution in [3.05, 3.63) is 63.4 Å². The fourth-order valence-electron chi connectivity index (χ4n) is 1.97. The summed E-state index contributed by atoms with van der Waals surface area (Å²) in [4.78, 5) is 12.4. The van der Waals surface area contributed by atoms with Gasteiger partial charge in [-0.25, -0.2) is 4.39 Å². The van der Waals surface area contributed by atoms with Gasteiger partial charge in [-0.2, -0.15) is 0 Å². The zero-order valence-electron chi connectivity index (χ0n) is 11.2. The van der Waals surface area contributed by atoms with Crippen LogP contribution in [-0.4, -0.2) is 12.9 Å². The van der Waals surface area contributed by atoms with Crippen molar-refractivity contribution in [1.82, 2.24) is 0 Å². The molecule has 20 heavy (non-hydrogen) atoms. The molecule has 0 N–H and O–H groups in total. The fraction of sp³-hybridized carbons (Fsp3) is 0.188. The molecule has 2 aromatic rings. The first kappa shape index (κ1) is 14.7. The third-order valence-corrected chi connectivity index (χ3v) is 3.61. The van der Waals surface area contributed by atoms with Gasteiger partial charge in [-0.15, -0.1) is 0 Å². The lowest BCUT2D eigenvalue weighted by molar-refractivity contribution is 0.0990. The Kier molecular flexibility index (Phi) is 4.55. The van der Waals surface area contributed by atoms with Crippen LogP contribution in [0.3, 0.4) is 0 Å². The van der Waals surface area contributed by atoms with Gasteiger partial charge in [-0.1, -0.05) is 17.7 Å². The zero-order chi connectivity index (χ0) is 14.7. The van der Waals surface area contributed by atoms with Crippen molar-refractivity contribution < 1.29 is 13.9 Å². The van der Waals surface area contributed by atoms with E-state index in [-0.39, 0.29) is 18.0 Å². The fourth-order valence-corrected chi connectivity index (χ4v) is 2.40. The number of carbonyl (C=O) groups is 1. The van der Waals surface area contributed by atoms with Crippen LogP contribution >= 0.6 is 15.9 Å². The molecule has 2 aromatic carbocycles. The highest BCUT2D eigenvalue weighted by Crippen LogP contribution is 2.23. The molecule has 0 aromatic heterocycles. The first-order valence-electron chi connectivity index (χ1n) is 6.13. The molecule has 0 amide bonds. The van der Waals surface area contributed by atoms with Crippen molar-refractivity contribution in [3.63, 3.8) is 0 Å². The van der Waals surface area contributed by atoms with Crippen molar-refractivity contribution in [1.29, 1.82) is 0 Å². The summed E-state index contributed by atoms with van der Waals surface area (Å²) in [5.74, 6) is 0.167. The maximum absolute atomic E-state index is 13.2. The Morgan fingerprint density at radius 2 is 2.00 bits per heavy atom. The van der Waals surface area contributed by atoms with Gasteiger partial charge in [0.1, 0.15) is 11.6 Å². The summed E-state index contributed by atoms with van der Waals surface area (Å²) in [6.45, 7) is 1.92. The zero-order valence-corrected chi connectivity index (χ0v) is 12.8. The normalized spacial score (nSPS) is 10.4. The molecule has 0 saturated heterocycles. The van der Waals surface area contributed by atoms with E-state index in [9.17, 15) is 9.18 Å². The highest BCUT2D eigenvalue weighted by Gasteiger charge is 2.14. The number of ether oxygens (including phenoxy) is 1. The summed E-state index contributed by atoms with van der Waals surface area (Å²) in [6.07, 6.45) is 0.207. The summed E-state index contributed by atoms with van der Waals surface area (Å²) in [5.41, 5.74) is 2.30. The summed E-state index contributed by atoms with van der Waals surface area (Å²) < 4.78 is 18.8. The van der Waals surface area contributed by atoms with Crippen LogP contribution in [0.15, 0.2) is 40.9 Å². The molecular weight excluding hydrogens is 323 g/mol. The Bertz CT molecular complexity index is 653. The number of hydrogen-bond acceptors (Lipinski definition) is 2. The standard InChI is InChI=1S/C16H14BrFO2/c1-10-3-6-16(20-2)12(7-10)15(19)9-11-4-5-14(18)13(17)8-11/h3-8H,9H2,1-2H3. The van der Waals surface area contributed by atoms with E-state index in [0.29, 0.717) is 15.8 Å². The SMILES string of the molecule is COc1ccc(C)cc1C(=O)Cc1ccc(F)c(Br)c1. The topological polar surface area (TPSA) is 26.3 Å². The van der Waals surface area contributed by atoms with Crippen LogP contribution in [0.2, 0.25) is 0 Å². The number of benzene rings is 2. The number of ketones is 1. The average Bonchev–Trinajstić information content (AvgIpc) is 2.43. The number of methoxy groups -OCH3 is 1. The van der Waals surface area contributed by atoms with Crippen molar-refractivity contribution in [2.24, 2.45) is 0 Å². The van der Waals surface area contributed by atoms with E-state index in [1.54, 1.807) is 24.3 Å². The van der Waals surface area contributed by atoms with E-state index >= 15 is 0 Å². The minimum Gasteiger partial charge on any atom is -0.496 e. The van der Waals surface area contributed by atoms with Crippen LogP contribution < -0.4 is 4.74 Å². The number of hydrogen-bond donors (Lipinski definition) is 0. The third kappa shape index (κ3) is 3.25. The van der Waals surface area contributed by atoms with Crippen molar-refractivity contribution in [2.75, 3.05) is 7.11 Å². The molecule has 0 atom stereocenters. The first-order valence-corrected chi connectivity index (χ1v) is 6.92. The van der Waals surface area contributed by atoms with Crippen LogP contribution in [0.1, 0.15) is 21.5 Å². The molecule has 0 aliphatic carbocycles. The Hall–Kier alpha value is -1.68. The van der Waals surface area contributed by atoms with E-state index in [1.165, 1.54) is 13.2 Å². The Morgan fingerprint density at radius 3 is 2.65 bits per heavy atom. The van der Waals surface area contributed by atoms with Crippen LogP contribution in [-0.2, 0) is 6.42 Å². The number of Topliss-reactive ketones (excluding diaryl/α,β-unsaturated/α-hetero) is 1. The minimum absolute atomic E-state index is 0.0518. The number of halogens is 2. The molecule has 104 valence electrons. The molecule has 2 nitrogen and oxygen atoms in total. The van der Waals surface area contributed by atoms with Gasteiger partial charge in [-0.05, 0) is 52.7 Å². The van der Waals surface area contributed by atoms with Crippen LogP contribution in [0.4, 0.5) is 4.39 Å². The van der Waals surface area contributed by atoms with E-state index < -0.39 is 0 Å². The predicted octanol–water partition coefficient (Wildman–Crippen LogP) is 4.33. The van der Waals surface area contributed by atoms with Crippen molar-refractivity contribution in [2.45, 2.75) is 13.3 Å². The van der Waals surface area contributed by atoms with E-state index in [4.69, 9.17) is 4.74 Å². The second-order valence-corrected chi connectivity index (χ2v) is 5.41. The Balaban J connectivity index is 2.27. The molecule has 0 fully saturated rings. The molecule has 4 heteroatoms. The van der Waals surface area contributed by atoms with Crippen molar-refractivity contribution >= 4 is 21.7 Å². The largest absolute Gasteiger partial charge is 0.496 e. The predicted molar refractivity (Wildman–Crippen MR) is 79.9 cm³/mol. The first-order chi connectivity index (χ1) is 9.51. The summed E-state index contributed by atoms with van der Waals surface area (Å²) in [5, 5.41) is 0. The second-order valence-electron chi connectivity index (χ2n) is 4.55. The molecule has 0 aliphatic rings. The molecule has 0 heterocycles. The third-order valence-electron chi connectivity index (χ3n) is 3.00. The Labute approximate surface area is 125 Å². The second kappa shape index (κ2) is 6.18. The maximum atomic E-state index is 13.2. The van der Waals surface area contributed by atoms with Gasteiger partial charge in [0.05, 0.1) is 17.1 Å². The number of rotatable bonds is 4. The van der Waals surface area contributed by atoms with E-state index in [0.717, 1.165) is 11.1 Å². The van der Waals surface area contributed by atoms with Gasteiger partial charge in [0.25, 0.3) is 0 Å². The molecule has 0 aliphatic heterocycles. The molecule has 0 saturated carbocycles. The summed E-state index contributed by atoms with van der Waals surface area (Å²) in [7, 11) is 1.54. The molecule has 0 bridgehead atoms. The minimum atomic E-state index is -0.339. The maximum Gasteiger partial charge on any atom is 0.170 e. The van der Waals surface area contributed by atoms with Crippen LogP contribution in [0.25, 0.3) is 0 Å². The lowest BCUT2D eigenvalue weighted by atomic mass is 10.0. The van der Waals surface area contributed by atoms with E-state index in [2.05, 4.69) is 15.9 Å². The monoisotopic (exact) mass is 336 g/mol. The Morgan fingerprint density at radius 1 is 1.25 bits per heavy atom. The highest BCUT2D eigenvalue weighted by molar-refractivity contribution is 9.10. The van der Waals surface area contributed by atoms with Gasteiger partial charge < -0.3 is 4.74 Å². The molecule has 2 rings (SSSR count). The smallest absolute Gasteiger partial charge is 0.170 e. The summed E-state index contributed by atoms with van der Waals surface area (Å²) in [6, 6.07) is 10.1. The molecule has 0 spiro atoms. The highest BCUT2D eigenvalue weighted by atomic mass is 79.9. The molecular formula is C16H14BrFO2. The quantitative estimate of drug-likeness (QED) is 0.776. The lowest BCUT2D eigenvalue weighted by Crippen LogP contribution is -2.06. The van der Waals surface area contributed by atoms with Gasteiger partial charge in [0.15, 0.2) is 5.78 Å². The lowest BCUT2D eigenvalue weighted by Gasteiger charge is -2.09. The molecule has 0 unspecified atom stereocenters. The summed E-state index contributed by atoms with van der Waals surface area (Å²) >= 11 is 3.12. The van der Waals surface area contributed by atoms with Gasteiger partial charge in [-0.3, -0.25) is 4.79 Å². The van der Waals surface area contributed by atoms with Gasteiger partial charge in [0.2, 0.25) is 0 Å². The van der Waals surface area contributed by atoms with Crippen molar-refractivity contribution in [3.8, 4) is 5.75 Å². The van der Waals surface area contributed by atoms with Gasteiger partial charge in [0, 0.05) is 6.42 Å². The van der Waals surface area contributed by atoms with E-state index in [1.807, 2.05) is 13.0 Å². The van der Waals surface area contributed by atoms with Crippen LogP contribution in [0.5, 0.6) is 5.75 Å². The number of aryl methyl sites for hydroxylation is 1. The van der Waals surface area contributed by atoms with Crippen LogP contribution in [0, 0.1) is 12.7 Å². The van der Waals surface area contributed by atoms with Gasteiger partial charge >= 0.3 is 0 Å². The average molecular weight is 337 g/mol.